The quantitative estimate of drug-likeness (QED) is 0.859. The van der Waals surface area contributed by atoms with Gasteiger partial charge in [0.2, 0.25) is 0 Å². The van der Waals surface area contributed by atoms with Crippen molar-refractivity contribution in [2.45, 2.75) is 70.2 Å². The molecule has 0 amide bonds. The molecule has 0 spiro atoms. The number of hydrogen-bond acceptors (Lipinski definition) is 2. The van der Waals surface area contributed by atoms with Crippen LogP contribution in [0.2, 0.25) is 0 Å². The molecule has 2 rings (SSSR count). The Morgan fingerprint density at radius 1 is 1.10 bits per heavy atom. The van der Waals surface area contributed by atoms with Crippen LogP contribution in [-0.4, -0.2) is 41.4 Å². The molecule has 1 heterocycles. The number of alkyl halides is 3. The minimum atomic E-state index is -4.05. The van der Waals surface area contributed by atoms with E-state index in [1.54, 1.807) is 0 Å². The molecular weight excluding hydrogens is 267 g/mol. The minimum absolute atomic E-state index is 0.0782. The van der Waals surface area contributed by atoms with E-state index in [1.807, 2.05) is 0 Å². The highest BCUT2D eigenvalue weighted by atomic mass is 19.4. The zero-order valence-corrected chi connectivity index (χ0v) is 12.2. The largest absolute Gasteiger partial charge is 0.391 e. The molecular formula is C15H26F3NO. The maximum absolute atomic E-state index is 12.7. The highest BCUT2D eigenvalue weighted by molar-refractivity contribution is 4.89. The third kappa shape index (κ3) is 3.88. The van der Waals surface area contributed by atoms with Crippen molar-refractivity contribution in [1.29, 1.82) is 0 Å². The highest BCUT2D eigenvalue weighted by Gasteiger charge is 2.43. The van der Waals surface area contributed by atoms with Gasteiger partial charge in [-0.2, -0.15) is 13.2 Å². The molecule has 0 radical (unpaired) electrons. The van der Waals surface area contributed by atoms with E-state index in [0.717, 1.165) is 25.7 Å². The SMILES string of the molecule is CCCC1CCC(O)C(N2CCC(C(F)(F)F)CC2)C1. The summed E-state index contributed by atoms with van der Waals surface area (Å²) in [5.74, 6) is -0.514. The smallest absolute Gasteiger partial charge is 0.391 e. The molecule has 0 aromatic heterocycles. The summed E-state index contributed by atoms with van der Waals surface area (Å²) in [6.45, 7) is 3.12. The van der Waals surface area contributed by atoms with E-state index in [2.05, 4.69) is 11.8 Å². The molecule has 1 aliphatic carbocycles. The summed E-state index contributed by atoms with van der Waals surface area (Å²) in [4.78, 5) is 2.11. The topological polar surface area (TPSA) is 23.5 Å². The Morgan fingerprint density at radius 3 is 2.30 bits per heavy atom. The van der Waals surface area contributed by atoms with Gasteiger partial charge in [0.05, 0.1) is 12.0 Å². The van der Waals surface area contributed by atoms with Crippen LogP contribution in [0.15, 0.2) is 0 Å². The Labute approximate surface area is 119 Å². The Kier molecular flexibility index (Phi) is 5.35. The second kappa shape index (κ2) is 6.65. The molecule has 1 saturated heterocycles. The summed E-state index contributed by atoms with van der Waals surface area (Å²) in [7, 11) is 0. The average Bonchev–Trinajstić information content (AvgIpc) is 2.40. The van der Waals surface area contributed by atoms with Gasteiger partial charge in [0.25, 0.3) is 0 Å². The molecule has 1 saturated carbocycles. The van der Waals surface area contributed by atoms with Crippen molar-refractivity contribution in [1.82, 2.24) is 4.90 Å². The third-order valence-corrected chi connectivity index (χ3v) is 5.05. The van der Waals surface area contributed by atoms with Gasteiger partial charge in [-0.05, 0) is 51.1 Å². The molecule has 3 atom stereocenters. The first-order chi connectivity index (χ1) is 9.41. The molecule has 1 aliphatic heterocycles. The molecule has 2 fully saturated rings. The first-order valence-electron chi connectivity index (χ1n) is 7.90. The van der Waals surface area contributed by atoms with E-state index in [9.17, 15) is 18.3 Å². The van der Waals surface area contributed by atoms with Gasteiger partial charge in [0.15, 0.2) is 0 Å². The van der Waals surface area contributed by atoms with Crippen molar-refractivity contribution in [2.75, 3.05) is 13.1 Å². The summed E-state index contributed by atoms with van der Waals surface area (Å²) < 4.78 is 38.0. The van der Waals surface area contributed by atoms with Gasteiger partial charge in [-0.3, -0.25) is 4.90 Å². The first-order valence-corrected chi connectivity index (χ1v) is 7.90. The normalized spacial score (nSPS) is 34.4. The number of hydrogen-bond donors (Lipinski definition) is 1. The van der Waals surface area contributed by atoms with Crippen molar-refractivity contribution >= 4 is 0 Å². The van der Waals surface area contributed by atoms with Crippen molar-refractivity contribution < 1.29 is 18.3 Å². The van der Waals surface area contributed by atoms with Crippen molar-refractivity contribution in [3.63, 3.8) is 0 Å². The van der Waals surface area contributed by atoms with E-state index in [1.165, 1.54) is 6.42 Å². The molecule has 2 nitrogen and oxygen atoms in total. The van der Waals surface area contributed by atoms with Crippen LogP contribution in [0.1, 0.15) is 51.9 Å². The summed E-state index contributed by atoms with van der Waals surface area (Å²) in [6, 6.07) is 0.0782. The zero-order chi connectivity index (χ0) is 14.8. The van der Waals surface area contributed by atoms with E-state index in [4.69, 9.17) is 0 Å². The molecule has 3 unspecified atom stereocenters. The Balaban J connectivity index is 1.88. The van der Waals surface area contributed by atoms with Crippen LogP contribution in [0, 0.1) is 11.8 Å². The Morgan fingerprint density at radius 2 is 1.75 bits per heavy atom. The maximum Gasteiger partial charge on any atom is 0.391 e. The summed E-state index contributed by atoms with van der Waals surface area (Å²) in [5.41, 5.74) is 0. The van der Waals surface area contributed by atoms with Crippen LogP contribution in [0.25, 0.3) is 0 Å². The van der Waals surface area contributed by atoms with Gasteiger partial charge >= 0.3 is 6.18 Å². The van der Waals surface area contributed by atoms with Crippen molar-refractivity contribution in [3.8, 4) is 0 Å². The van der Waals surface area contributed by atoms with Gasteiger partial charge in [-0.1, -0.05) is 19.8 Å². The predicted octanol–water partition coefficient (Wildman–Crippen LogP) is 3.59. The van der Waals surface area contributed by atoms with Crippen molar-refractivity contribution in [2.24, 2.45) is 11.8 Å². The van der Waals surface area contributed by atoms with Crippen LogP contribution >= 0.6 is 0 Å². The Hall–Kier alpha value is -0.290. The Bertz CT molecular complexity index is 300. The van der Waals surface area contributed by atoms with Crippen LogP contribution in [0.3, 0.4) is 0 Å². The molecule has 5 heteroatoms. The molecule has 2 aliphatic rings. The molecule has 1 N–H and O–H groups in total. The van der Waals surface area contributed by atoms with E-state index >= 15 is 0 Å². The predicted molar refractivity (Wildman–Crippen MR) is 72.4 cm³/mol. The van der Waals surface area contributed by atoms with Crippen LogP contribution in [0.4, 0.5) is 13.2 Å². The zero-order valence-electron chi connectivity index (χ0n) is 12.2. The second-order valence-electron chi connectivity index (χ2n) is 6.45. The van der Waals surface area contributed by atoms with Crippen molar-refractivity contribution in [3.05, 3.63) is 0 Å². The number of piperidine rings is 1. The minimum Gasteiger partial charge on any atom is -0.391 e. The summed E-state index contributed by atoms with van der Waals surface area (Å²) >= 11 is 0. The molecule has 0 bridgehead atoms. The van der Waals surface area contributed by atoms with Gasteiger partial charge in [0, 0.05) is 6.04 Å². The standard InChI is InChI=1S/C15H26F3NO/c1-2-3-11-4-5-14(20)13(10-11)19-8-6-12(7-9-19)15(16,17)18/h11-14,20H,2-10H2,1H3. The lowest BCUT2D eigenvalue weighted by molar-refractivity contribution is -0.187. The van der Waals surface area contributed by atoms with Crippen LogP contribution in [0.5, 0.6) is 0 Å². The summed E-state index contributed by atoms with van der Waals surface area (Å²) in [5, 5.41) is 10.2. The van der Waals surface area contributed by atoms with Crippen LogP contribution in [-0.2, 0) is 0 Å². The van der Waals surface area contributed by atoms with E-state index < -0.39 is 12.1 Å². The molecule has 0 aromatic rings. The fraction of sp³-hybridized carbons (Fsp3) is 1.00. The number of nitrogens with zero attached hydrogens (tertiary/aromatic N) is 1. The lowest BCUT2D eigenvalue weighted by Crippen LogP contribution is -2.51. The molecule has 20 heavy (non-hydrogen) atoms. The monoisotopic (exact) mass is 293 g/mol. The summed E-state index contributed by atoms with van der Waals surface area (Å²) in [6.07, 6.45) is 1.08. The number of rotatable bonds is 3. The number of aliphatic hydroxyl groups excluding tert-OH is 1. The molecule has 118 valence electrons. The second-order valence-corrected chi connectivity index (χ2v) is 6.45. The number of likely N-dealkylation sites (tertiary alicyclic amines) is 1. The fourth-order valence-corrected chi connectivity index (χ4v) is 3.84. The third-order valence-electron chi connectivity index (χ3n) is 5.05. The van der Waals surface area contributed by atoms with E-state index in [-0.39, 0.29) is 25.0 Å². The maximum atomic E-state index is 12.7. The lowest BCUT2D eigenvalue weighted by Gasteiger charge is -2.44. The number of aliphatic hydroxyl groups is 1. The average molecular weight is 293 g/mol. The van der Waals surface area contributed by atoms with E-state index in [0.29, 0.717) is 19.0 Å². The lowest BCUT2D eigenvalue weighted by atomic mass is 9.80. The first kappa shape index (κ1) is 16.1. The van der Waals surface area contributed by atoms with Gasteiger partial charge in [-0.25, -0.2) is 0 Å². The van der Waals surface area contributed by atoms with Gasteiger partial charge in [-0.15, -0.1) is 0 Å². The van der Waals surface area contributed by atoms with Crippen LogP contribution < -0.4 is 0 Å². The number of halogens is 3. The van der Waals surface area contributed by atoms with Gasteiger partial charge in [0.1, 0.15) is 0 Å². The molecule has 0 aromatic carbocycles. The fourth-order valence-electron chi connectivity index (χ4n) is 3.84. The highest BCUT2D eigenvalue weighted by Crippen LogP contribution is 2.37. The van der Waals surface area contributed by atoms with Gasteiger partial charge < -0.3 is 5.11 Å².